The fourth-order valence-corrected chi connectivity index (χ4v) is 2.35. The van der Waals surface area contributed by atoms with E-state index in [0.29, 0.717) is 13.0 Å². The molecule has 1 heterocycles. The first-order chi connectivity index (χ1) is 6.55. The van der Waals surface area contributed by atoms with Gasteiger partial charge in [0.25, 0.3) is 0 Å². The first-order valence-electron chi connectivity index (χ1n) is 4.61. The van der Waals surface area contributed by atoms with Crippen molar-refractivity contribution < 1.29 is 8.78 Å². The number of alkyl halides is 2. The summed E-state index contributed by atoms with van der Waals surface area (Å²) in [7, 11) is 0. The molecule has 1 unspecified atom stereocenters. The van der Waals surface area contributed by atoms with Crippen LogP contribution in [0.4, 0.5) is 8.78 Å². The fraction of sp³-hybridized carbons (Fsp3) is 0.667. The van der Waals surface area contributed by atoms with Gasteiger partial charge in [0.1, 0.15) is 0 Å². The predicted octanol–water partition coefficient (Wildman–Crippen LogP) is 2.92. The van der Waals surface area contributed by atoms with Crippen LogP contribution in [0, 0.1) is 9.49 Å². The molecule has 0 N–H and O–H groups in total. The Kier molecular flexibility index (Phi) is 2.77. The minimum atomic E-state index is -2.44. The summed E-state index contributed by atoms with van der Waals surface area (Å²) in [6, 6.07) is 0. The van der Waals surface area contributed by atoms with Gasteiger partial charge in [-0.3, -0.25) is 4.68 Å². The van der Waals surface area contributed by atoms with E-state index in [9.17, 15) is 8.78 Å². The van der Waals surface area contributed by atoms with Crippen LogP contribution in [0.1, 0.15) is 19.3 Å². The highest BCUT2D eigenvalue weighted by Crippen LogP contribution is 2.39. The molecular formula is C9H11F2IN2. The first-order valence-corrected chi connectivity index (χ1v) is 5.69. The average molecular weight is 312 g/mol. The Morgan fingerprint density at radius 1 is 1.64 bits per heavy atom. The van der Waals surface area contributed by atoms with Gasteiger partial charge in [-0.1, -0.05) is 0 Å². The Balaban J connectivity index is 1.94. The zero-order chi connectivity index (χ0) is 10.2. The van der Waals surface area contributed by atoms with E-state index in [4.69, 9.17) is 0 Å². The van der Waals surface area contributed by atoms with Crippen molar-refractivity contribution in [2.75, 3.05) is 0 Å². The monoisotopic (exact) mass is 312 g/mol. The van der Waals surface area contributed by atoms with E-state index < -0.39 is 5.92 Å². The minimum Gasteiger partial charge on any atom is -0.271 e. The van der Waals surface area contributed by atoms with Crippen molar-refractivity contribution in [2.45, 2.75) is 31.7 Å². The third-order valence-corrected chi connectivity index (χ3v) is 3.11. The maximum absolute atomic E-state index is 12.9. The van der Waals surface area contributed by atoms with Crippen LogP contribution < -0.4 is 0 Å². The van der Waals surface area contributed by atoms with Gasteiger partial charge in [0, 0.05) is 25.6 Å². The lowest BCUT2D eigenvalue weighted by molar-refractivity contribution is 0.00423. The van der Waals surface area contributed by atoms with E-state index in [-0.39, 0.29) is 18.8 Å². The lowest BCUT2D eigenvalue weighted by Crippen LogP contribution is -2.13. The number of nitrogens with zero attached hydrogens (tertiary/aromatic N) is 2. The molecule has 14 heavy (non-hydrogen) atoms. The van der Waals surface area contributed by atoms with Gasteiger partial charge in [-0.25, -0.2) is 8.78 Å². The third-order valence-electron chi connectivity index (χ3n) is 2.55. The van der Waals surface area contributed by atoms with Gasteiger partial charge < -0.3 is 0 Å². The van der Waals surface area contributed by atoms with E-state index in [1.807, 2.05) is 6.20 Å². The standard InChI is InChI=1S/C9H11F2IN2/c10-9(11)2-1-7(3-9)5-14-6-8(12)4-13-14/h4,6-7H,1-3,5H2. The summed E-state index contributed by atoms with van der Waals surface area (Å²) in [6.07, 6.45) is 4.30. The molecule has 0 aliphatic heterocycles. The fourth-order valence-electron chi connectivity index (χ4n) is 1.90. The van der Waals surface area contributed by atoms with Gasteiger partial charge in [0.2, 0.25) is 5.92 Å². The van der Waals surface area contributed by atoms with Gasteiger partial charge in [-0.15, -0.1) is 0 Å². The van der Waals surface area contributed by atoms with E-state index in [1.165, 1.54) is 0 Å². The Labute approximate surface area is 94.8 Å². The molecule has 2 rings (SSSR count). The van der Waals surface area contributed by atoms with Crippen molar-refractivity contribution in [1.82, 2.24) is 9.78 Å². The van der Waals surface area contributed by atoms with E-state index in [1.54, 1.807) is 10.9 Å². The van der Waals surface area contributed by atoms with Gasteiger partial charge >= 0.3 is 0 Å². The summed E-state index contributed by atoms with van der Waals surface area (Å²) in [6.45, 7) is 0.624. The molecule has 1 saturated carbocycles. The van der Waals surface area contributed by atoms with Crippen LogP contribution in [0.3, 0.4) is 0 Å². The normalized spacial score (nSPS) is 25.5. The van der Waals surface area contributed by atoms with Crippen LogP contribution in [0.2, 0.25) is 0 Å². The molecule has 0 saturated heterocycles. The van der Waals surface area contributed by atoms with Crippen LogP contribution in [-0.2, 0) is 6.54 Å². The molecule has 0 radical (unpaired) electrons. The second-order valence-corrected chi connectivity index (χ2v) is 5.09. The second kappa shape index (κ2) is 3.75. The van der Waals surface area contributed by atoms with Gasteiger partial charge in [-0.05, 0) is 34.9 Å². The second-order valence-electron chi connectivity index (χ2n) is 3.85. The molecule has 0 amide bonds. The van der Waals surface area contributed by atoms with Crippen molar-refractivity contribution in [1.29, 1.82) is 0 Å². The molecule has 5 heteroatoms. The molecule has 0 aromatic carbocycles. The molecule has 0 spiro atoms. The number of aromatic nitrogens is 2. The van der Waals surface area contributed by atoms with Crippen molar-refractivity contribution in [2.24, 2.45) is 5.92 Å². The highest BCUT2D eigenvalue weighted by molar-refractivity contribution is 14.1. The Hall–Kier alpha value is -0.200. The van der Waals surface area contributed by atoms with Crippen molar-refractivity contribution in [3.63, 3.8) is 0 Å². The van der Waals surface area contributed by atoms with Crippen molar-refractivity contribution in [3.8, 4) is 0 Å². The zero-order valence-corrected chi connectivity index (χ0v) is 9.75. The number of hydrogen-bond donors (Lipinski definition) is 0. The predicted molar refractivity (Wildman–Crippen MR) is 57.2 cm³/mol. The summed E-state index contributed by atoms with van der Waals surface area (Å²) in [4.78, 5) is 0. The lowest BCUT2D eigenvalue weighted by Gasteiger charge is -2.10. The van der Waals surface area contributed by atoms with Crippen LogP contribution in [0.25, 0.3) is 0 Å². The SMILES string of the molecule is FC1(F)CCC(Cn2cc(I)cn2)C1. The summed E-state index contributed by atoms with van der Waals surface area (Å²) in [5.41, 5.74) is 0. The summed E-state index contributed by atoms with van der Waals surface area (Å²) in [5, 5.41) is 4.09. The lowest BCUT2D eigenvalue weighted by atomic mass is 10.1. The largest absolute Gasteiger partial charge is 0.271 e. The first kappa shape index (κ1) is 10.3. The average Bonchev–Trinajstić information content (AvgIpc) is 2.59. The Morgan fingerprint density at radius 2 is 2.43 bits per heavy atom. The molecule has 2 nitrogen and oxygen atoms in total. The molecular weight excluding hydrogens is 301 g/mol. The van der Waals surface area contributed by atoms with E-state index in [2.05, 4.69) is 27.7 Å². The molecule has 1 atom stereocenters. The van der Waals surface area contributed by atoms with Crippen LogP contribution in [0.5, 0.6) is 0 Å². The highest BCUT2D eigenvalue weighted by atomic mass is 127. The Morgan fingerprint density at radius 3 is 2.93 bits per heavy atom. The summed E-state index contributed by atoms with van der Waals surface area (Å²) >= 11 is 2.16. The molecule has 1 aromatic rings. The van der Waals surface area contributed by atoms with Crippen LogP contribution in [-0.4, -0.2) is 15.7 Å². The maximum Gasteiger partial charge on any atom is 0.248 e. The smallest absolute Gasteiger partial charge is 0.248 e. The molecule has 78 valence electrons. The van der Waals surface area contributed by atoms with E-state index >= 15 is 0 Å². The molecule has 1 aromatic heterocycles. The number of rotatable bonds is 2. The van der Waals surface area contributed by atoms with Crippen molar-refractivity contribution in [3.05, 3.63) is 16.0 Å². The topological polar surface area (TPSA) is 17.8 Å². The highest BCUT2D eigenvalue weighted by Gasteiger charge is 2.39. The molecule has 1 aliphatic rings. The van der Waals surface area contributed by atoms with Crippen molar-refractivity contribution >= 4 is 22.6 Å². The van der Waals surface area contributed by atoms with Gasteiger partial charge in [0.05, 0.1) is 9.77 Å². The minimum absolute atomic E-state index is 0.0173. The Bertz CT molecular complexity index is 324. The third kappa shape index (κ3) is 2.43. The van der Waals surface area contributed by atoms with Crippen LogP contribution >= 0.6 is 22.6 Å². The molecule has 0 bridgehead atoms. The van der Waals surface area contributed by atoms with Gasteiger partial charge in [0.15, 0.2) is 0 Å². The van der Waals surface area contributed by atoms with E-state index in [0.717, 1.165) is 3.57 Å². The molecule has 1 fully saturated rings. The summed E-state index contributed by atoms with van der Waals surface area (Å²) in [5.74, 6) is -2.36. The maximum atomic E-state index is 12.9. The number of halogens is 3. The number of hydrogen-bond acceptors (Lipinski definition) is 1. The quantitative estimate of drug-likeness (QED) is 0.768. The molecule has 1 aliphatic carbocycles. The van der Waals surface area contributed by atoms with Crippen LogP contribution in [0.15, 0.2) is 12.4 Å². The zero-order valence-electron chi connectivity index (χ0n) is 7.59. The summed E-state index contributed by atoms with van der Waals surface area (Å²) < 4.78 is 28.5. The van der Waals surface area contributed by atoms with Gasteiger partial charge in [-0.2, -0.15) is 5.10 Å².